The second-order valence-electron chi connectivity index (χ2n) is 8.40. The molecule has 1 amide bonds. The number of aromatic nitrogens is 2. The molecule has 0 bridgehead atoms. The van der Waals surface area contributed by atoms with Crippen LogP contribution in [0, 0.1) is 0 Å². The third-order valence-electron chi connectivity index (χ3n) is 5.66. The number of carbonyl (C=O) groups excluding carboxylic acids is 1. The molecule has 1 aromatic carbocycles. The fourth-order valence-corrected chi connectivity index (χ4v) is 3.81. The average Bonchev–Trinajstić information content (AvgIpc) is 3.73. The van der Waals surface area contributed by atoms with E-state index in [-0.39, 0.29) is 5.82 Å². The van der Waals surface area contributed by atoms with Crippen LogP contribution in [0.15, 0.2) is 72.6 Å². The molecule has 6 N–H and O–H groups in total. The molecule has 0 spiro atoms. The van der Waals surface area contributed by atoms with Crippen molar-refractivity contribution in [2.75, 3.05) is 0 Å². The number of imidazole rings is 1. The molecule has 2 heterocycles. The molecule has 2 saturated carbocycles. The lowest BCUT2D eigenvalue weighted by Crippen LogP contribution is -2.21. The van der Waals surface area contributed by atoms with Gasteiger partial charge in [-0.2, -0.15) is 0 Å². The first-order valence-corrected chi connectivity index (χ1v) is 11.5. The van der Waals surface area contributed by atoms with E-state index in [1.807, 2.05) is 24.4 Å². The fourth-order valence-electron chi connectivity index (χ4n) is 3.61. The molecule has 2 aliphatic carbocycles. The van der Waals surface area contributed by atoms with Gasteiger partial charge in [0, 0.05) is 29.7 Å². The topological polar surface area (TPSA) is 110 Å². The summed E-state index contributed by atoms with van der Waals surface area (Å²) in [6.45, 7) is 0.508. The van der Waals surface area contributed by atoms with Gasteiger partial charge in [-0.15, -0.1) is 0 Å². The highest BCUT2D eigenvalue weighted by Crippen LogP contribution is 2.40. The van der Waals surface area contributed by atoms with Gasteiger partial charge in [-0.05, 0) is 66.8 Å². The maximum atomic E-state index is 10.3. The van der Waals surface area contributed by atoms with E-state index in [1.54, 1.807) is 6.08 Å². The van der Waals surface area contributed by atoms with Crippen LogP contribution in [0.4, 0.5) is 0 Å². The third-order valence-corrected chi connectivity index (χ3v) is 5.89. The maximum absolute atomic E-state index is 10.3. The number of nitrogens with two attached hydrogens (primary N) is 2. The molecule has 2 aliphatic rings. The number of hydrogen-bond acceptors (Lipinski definition) is 5. The first-order chi connectivity index (χ1) is 16.1. The summed E-state index contributed by atoms with van der Waals surface area (Å²) in [4.78, 5) is 14.9. The van der Waals surface area contributed by atoms with E-state index in [0.717, 1.165) is 22.3 Å². The minimum Gasteiger partial charge on any atom is -0.403 e. The molecular formula is C25H29ClN6O. The number of nitrogens with one attached hydrogen (secondary N) is 2. The number of carbonyl (C=O) groups is 1. The molecule has 2 fully saturated rings. The largest absolute Gasteiger partial charge is 0.403 e. The number of benzene rings is 1. The number of pyridine rings is 1. The van der Waals surface area contributed by atoms with Crippen molar-refractivity contribution < 1.29 is 4.79 Å². The average molecular weight is 465 g/mol. The normalized spacial score (nSPS) is 16.2. The van der Waals surface area contributed by atoms with Crippen LogP contribution in [0.5, 0.6) is 0 Å². The first-order valence-electron chi connectivity index (χ1n) is 11.1. The van der Waals surface area contributed by atoms with Gasteiger partial charge >= 0.3 is 0 Å². The van der Waals surface area contributed by atoms with Crippen molar-refractivity contribution >= 4 is 23.7 Å². The van der Waals surface area contributed by atoms with Gasteiger partial charge in [0.05, 0.1) is 17.9 Å². The Morgan fingerprint density at radius 2 is 1.88 bits per heavy atom. The maximum Gasteiger partial charge on any atom is 0.212 e. The van der Waals surface area contributed by atoms with Gasteiger partial charge in [0.1, 0.15) is 11.5 Å². The van der Waals surface area contributed by atoms with Crippen molar-refractivity contribution in [2.45, 2.75) is 44.1 Å². The lowest BCUT2D eigenvalue weighted by Gasteiger charge is -2.06. The minimum atomic E-state index is 0.216. The number of halogens is 1. The molecule has 8 heteroatoms. The Balaban J connectivity index is 0.000000214. The lowest BCUT2D eigenvalue weighted by molar-refractivity contribution is -0.108. The van der Waals surface area contributed by atoms with E-state index >= 15 is 0 Å². The Morgan fingerprint density at radius 1 is 1.12 bits per heavy atom. The summed E-state index contributed by atoms with van der Waals surface area (Å²) >= 11 is 5.82. The Bertz CT molecular complexity index is 1180. The summed E-state index contributed by atoms with van der Waals surface area (Å²) in [5.74, 6) is 1.75. The van der Waals surface area contributed by atoms with E-state index in [2.05, 4.69) is 44.4 Å². The molecule has 0 saturated heterocycles. The summed E-state index contributed by atoms with van der Waals surface area (Å²) in [5.41, 5.74) is 16.4. The Labute approximate surface area is 198 Å². The van der Waals surface area contributed by atoms with E-state index in [4.69, 9.17) is 23.1 Å². The van der Waals surface area contributed by atoms with Gasteiger partial charge in [-0.3, -0.25) is 4.79 Å². The number of rotatable bonds is 8. The fraction of sp³-hybridized carbons (Fsp3) is 0.280. The number of allylic oxidation sites excluding steroid dienone is 1. The molecule has 3 aromatic rings. The van der Waals surface area contributed by atoms with Crippen molar-refractivity contribution in [2.24, 2.45) is 11.5 Å². The predicted octanol–water partition coefficient (Wildman–Crippen LogP) is 3.86. The smallest absolute Gasteiger partial charge is 0.212 e. The molecule has 0 unspecified atom stereocenters. The lowest BCUT2D eigenvalue weighted by atomic mass is 10.1. The second kappa shape index (κ2) is 10.4. The van der Waals surface area contributed by atoms with E-state index in [1.165, 1.54) is 43.0 Å². The van der Waals surface area contributed by atoms with E-state index < -0.39 is 0 Å². The van der Waals surface area contributed by atoms with Gasteiger partial charge in [-0.1, -0.05) is 29.8 Å². The van der Waals surface area contributed by atoms with Crippen LogP contribution in [-0.4, -0.2) is 15.8 Å². The van der Waals surface area contributed by atoms with Crippen molar-refractivity contribution in [3.8, 4) is 0 Å². The quantitative estimate of drug-likeness (QED) is 0.299. The van der Waals surface area contributed by atoms with Crippen LogP contribution in [-0.2, 0) is 11.3 Å². The van der Waals surface area contributed by atoms with Crippen LogP contribution in [0.3, 0.4) is 0 Å². The summed E-state index contributed by atoms with van der Waals surface area (Å²) in [7, 11) is 0. The summed E-state index contributed by atoms with van der Waals surface area (Å²) in [5, 5.41) is 6.35. The Hall–Kier alpha value is -3.45. The monoisotopic (exact) mass is 464 g/mol. The second-order valence-corrected chi connectivity index (χ2v) is 8.84. The standard InChI is InChI=1S/C16H20N6O.C9H9Cl/c17-6-13(5-15(18)20-10-23)19-7-14-9-22-8-12(11-1-2-11)3-4-16(22)21-14;10-9-3-1-2-8(6-9)7-4-5-7/h3-6,8-11,19H,1-2,7,17-18H2,(H,20,23);1-3,6-7H,4-5H2/b13-6+,15-5+;. The van der Waals surface area contributed by atoms with Crippen molar-refractivity contribution in [3.05, 3.63) is 94.4 Å². The van der Waals surface area contributed by atoms with Gasteiger partial charge < -0.3 is 26.5 Å². The van der Waals surface area contributed by atoms with Gasteiger partial charge in [0.15, 0.2) is 0 Å². The first kappa shape index (κ1) is 22.7. The van der Waals surface area contributed by atoms with Crippen molar-refractivity contribution in [1.82, 2.24) is 20.0 Å². The SMILES string of the molecule is Clc1cccc(C2CC2)c1.N/C=C(\C=C(/N)NC=O)NCc1cn2cc(C3CC3)ccc2n1. The van der Waals surface area contributed by atoms with Gasteiger partial charge in [-0.25, -0.2) is 4.98 Å². The molecule has 2 aromatic heterocycles. The molecule has 7 nitrogen and oxygen atoms in total. The number of amides is 1. The molecule has 5 rings (SSSR count). The molecule has 0 atom stereocenters. The van der Waals surface area contributed by atoms with Crippen LogP contribution < -0.4 is 22.1 Å². The van der Waals surface area contributed by atoms with E-state index in [9.17, 15) is 4.79 Å². The molecule has 33 heavy (non-hydrogen) atoms. The molecule has 0 aliphatic heterocycles. The predicted molar refractivity (Wildman–Crippen MR) is 131 cm³/mol. The van der Waals surface area contributed by atoms with Gasteiger partial charge in [0.2, 0.25) is 6.41 Å². The summed E-state index contributed by atoms with van der Waals surface area (Å²) < 4.78 is 2.05. The summed E-state index contributed by atoms with van der Waals surface area (Å²) in [6, 6.07) is 12.4. The molecule has 0 radical (unpaired) electrons. The number of fused-ring (bicyclic) bond motifs is 1. The Kier molecular flexibility index (Phi) is 7.19. The Morgan fingerprint density at radius 3 is 2.55 bits per heavy atom. The highest BCUT2D eigenvalue weighted by Gasteiger charge is 2.24. The molecule has 172 valence electrons. The van der Waals surface area contributed by atoms with Crippen molar-refractivity contribution in [1.29, 1.82) is 0 Å². The van der Waals surface area contributed by atoms with Gasteiger partial charge in [0.25, 0.3) is 0 Å². The van der Waals surface area contributed by atoms with Crippen molar-refractivity contribution in [3.63, 3.8) is 0 Å². The highest BCUT2D eigenvalue weighted by molar-refractivity contribution is 6.30. The van der Waals surface area contributed by atoms with Crippen LogP contribution >= 0.6 is 11.6 Å². The van der Waals surface area contributed by atoms with Crippen LogP contribution in [0.2, 0.25) is 5.02 Å². The van der Waals surface area contributed by atoms with Crippen LogP contribution in [0.25, 0.3) is 5.65 Å². The highest BCUT2D eigenvalue weighted by atomic mass is 35.5. The molecular weight excluding hydrogens is 436 g/mol. The number of hydrogen-bond donors (Lipinski definition) is 4. The number of nitrogens with zero attached hydrogens (tertiary/aromatic N) is 2. The zero-order valence-electron chi connectivity index (χ0n) is 18.4. The van der Waals surface area contributed by atoms with Crippen LogP contribution in [0.1, 0.15) is 54.3 Å². The van der Waals surface area contributed by atoms with E-state index in [0.29, 0.717) is 24.6 Å². The minimum absolute atomic E-state index is 0.216. The zero-order chi connectivity index (χ0) is 23.2. The zero-order valence-corrected chi connectivity index (χ0v) is 19.1. The third kappa shape index (κ3) is 6.52. The summed E-state index contributed by atoms with van der Waals surface area (Å²) in [6.07, 6.45) is 12.9.